The summed E-state index contributed by atoms with van der Waals surface area (Å²) in [5.41, 5.74) is 0.772. The molecule has 0 bridgehead atoms. The summed E-state index contributed by atoms with van der Waals surface area (Å²) in [6.45, 7) is 7.58. The summed E-state index contributed by atoms with van der Waals surface area (Å²) >= 11 is 3.31. The average molecular weight is 832 g/mol. The highest BCUT2D eigenvalue weighted by Gasteiger charge is 2.33. The lowest BCUT2D eigenvalue weighted by Crippen LogP contribution is -2.38. The number of carboxylic acid groups (broad SMARTS) is 1. The first kappa shape index (κ1) is 39.3. The highest BCUT2D eigenvalue weighted by atomic mass is 79.9. The second-order valence-electron chi connectivity index (χ2n) is 14.9. The van der Waals surface area contributed by atoms with Crippen LogP contribution < -0.4 is 14.4 Å². The van der Waals surface area contributed by atoms with Crippen molar-refractivity contribution < 1.29 is 45.4 Å². The minimum Gasteiger partial charge on any atom is -0.488 e. The van der Waals surface area contributed by atoms with Gasteiger partial charge in [0.15, 0.2) is 23.3 Å². The number of benzene rings is 4. The van der Waals surface area contributed by atoms with Crippen LogP contribution in [0, 0.1) is 30.2 Å². The summed E-state index contributed by atoms with van der Waals surface area (Å²) in [5.74, 6) is -10.9. The van der Waals surface area contributed by atoms with Crippen LogP contribution in [0.15, 0.2) is 59.1 Å². The number of amides is 1. The molecule has 2 fully saturated rings. The molecule has 6 rings (SSSR count). The van der Waals surface area contributed by atoms with Gasteiger partial charge in [-0.05, 0) is 96.0 Å². The number of carbonyl (C=O) groups excluding carboxylic acids is 1. The van der Waals surface area contributed by atoms with Gasteiger partial charge in [0.2, 0.25) is 15.9 Å². The maximum absolute atomic E-state index is 15.4. The third-order valence-corrected chi connectivity index (χ3v) is 11.6. The third kappa shape index (κ3) is 8.75. The van der Waals surface area contributed by atoms with Crippen LogP contribution in [0.1, 0.15) is 96.1 Å². The molecule has 0 unspecified atom stereocenters. The first-order valence-electron chi connectivity index (χ1n) is 17.4. The van der Waals surface area contributed by atoms with Crippen LogP contribution in [-0.2, 0) is 33.2 Å². The summed E-state index contributed by atoms with van der Waals surface area (Å²) < 4.78 is 96.7. The fourth-order valence-corrected chi connectivity index (χ4v) is 7.55. The van der Waals surface area contributed by atoms with Crippen LogP contribution in [0.2, 0.25) is 0 Å². The maximum Gasteiger partial charge on any atom is 0.335 e. The summed E-state index contributed by atoms with van der Waals surface area (Å²) in [4.78, 5) is 27.1. The topological polar surface area (TPSA) is 113 Å². The highest BCUT2D eigenvalue weighted by molar-refractivity contribution is 9.10. The molecule has 8 nitrogen and oxygen atoms in total. The zero-order valence-electron chi connectivity index (χ0n) is 30.0. The van der Waals surface area contributed by atoms with Gasteiger partial charge in [-0.3, -0.25) is 9.52 Å². The number of hydrogen-bond acceptors (Lipinski definition) is 5. The standard InChI is InChI=1S/C40H39BrF4N2O6S/c1-21-24(6-5-7-30(21)41)17-29-34(42)36(44)38(37(45)35(29)43)46-54(51,52)20-33(48)47(31-13-10-25(39(49)50)18-32(31)53-28-11-12-28)19-22-14-26(23-8-9-23)16-27(15-22)40(2,3)4/h5-7,10,13-16,18,23,28,46H,8-9,11-12,17,19-20H2,1-4H3,(H,49,50). The van der Waals surface area contributed by atoms with Crippen molar-refractivity contribution in [3.63, 3.8) is 0 Å². The fourth-order valence-electron chi connectivity index (χ4n) is 6.10. The minimum atomic E-state index is -5.03. The van der Waals surface area contributed by atoms with Crippen LogP contribution in [0.25, 0.3) is 0 Å². The molecule has 2 aliphatic rings. The number of carboxylic acids is 1. The molecule has 1 amide bonds. The van der Waals surface area contributed by atoms with Gasteiger partial charge in [-0.2, -0.15) is 0 Å². The van der Waals surface area contributed by atoms with E-state index in [-0.39, 0.29) is 35.1 Å². The second-order valence-corrected chi connectivity index (χ2v) is 17.5. The Morgan fingerprint density at radius 2 is 1.61 bits per heavy atom. The number of sulfonamides is 1. The zero-order valence-corrected chi connectivity index (χ0v) is 32.4. The van der Waals surface area contributed by atoms with E-state index < -0.39 is 68.6 Å². The van der Waals surface area contributed by atoms with Crippen LogP contribution in [0.5, 0.6) is 5.75 Å². The third-order valence-electron chi connectivity index (χ3n) is 9.56. The number of aromatic carboxylic acids is 1. The lowest BCUT2D eigenvalue weighted by atomic mass is 9.84. The monoisotopic (exact) mass is 830 g/mol. The summed E-state index contributed by atoms with van der Waals surface area (Å²) in [7, 11) is -5.03. The number of nitrogens with zero attached hydrogens (tertiary/aromatic N) is 1. The quantitative estimate of drug-likeness (QED) is 0.103. The largest absolute Gasteiger partial charge is 0.488 e. The van der Waals surface area contributed by atoms with Crippen molar-refractivity contribution >= 4 is 49.2 Å². The first-order valence-corrected chi connectivity index (χ1v) is 19.9. The first-order chi connectivity index (χ1) is 25.3. The molecule has 2 saturated carbocycles. The fraction of sp³-hybridized carbons (Fsp3) is 0.350. The molecule has 0 aromatic heterocycles. The molecule has 54 heavy (non-hydrogen) atoms. The molecule has 0 aliphatic heterocycles. The molecule has 4 aromatic carbocycles. The molecule has 0 heterocycles. The Labute approximate surface area is 319 Å². The van der Waals surface area contributed by atoms with Crippen LogP contribution in [-0.4, -0.2) is 37.3 Å². The van der Waals surface area contributed by atoms with Gasteiger partial charge in [0, 0.05) is 16.5 Å². The lowest BCUT2D eigenvalue weighted by Gasteiger charge is -2.27. The molecule has 0 spiro atoms. The van der Waals surface area contributed by atoms with Crippen molar-refractivity contribution in [2.75, 3.05) is 15.4 Å². The van der Waals surface area contributed by atoms with Gasteiger partial charge in [0.1, 0.15) is 17.2 Å². The van der Waals surface area contributed by atoms with Crippen molar-refractivity contribution in [2.45, 2.75) is 83.8 Å². The number of ether oxygens (including phenoxy) is 1. The Morgan fingerprint density at radius 1 is 0.944 bits per heavy atom. The molecule has 0 radical (unpaired) electrons. The Hall–Kier alpha value is -4.43. The molecule has 286 valence electrons. The zero-order chi connectivity index (χ0) is 39.3. The van der Waals surface area contributed by atoms with Crippen LogP contribution in [0.4, 0.5) is 28.9 Å². The van der Waals surface area contributed by atoms with E-state index in [9.17, 15) is 23.1 Å². The van der Waals surface area contributed by atoms with Crippen molar-refractivity contribution in [3.05, 3.63) is 121 Å². The van der Waals surface area contributed by atoms with E-state index in [1.54, 1.807) is 23.8 Å². The Kier molecular flexibility index (Phi) is 10.9. The minimum absolute atomic E-state index is 0.0306. The van der Waals surface area contributed by atoms with Crippen molar-refractivity contribution in [1.29, 1.82) is 0 Å². The molecule has 2 N–H and O–H groups in total. The number of rotatable bonds is 13. The van der Waals surface area contributed by atoms with Crippen molar-refractivity contribution in [1.82, 2.24) is 0 Å². The average Bonchev–Trinajstić information content (AvgIpc) is 4.04. The number of anilines is 2. The van der Waals surface area contributed by atoms with E-state index in [4.69, 9.17) is 4.74 Å². The molecule has 0 atom stereocenters. The van der Waals surface area contributed by atoms with Gasteiger partial charge in [-0.15, -0.1) is 0 Å². The van der Waals surface area contributed by atoms with Gasteiger partial charge in [-0.1, -0.05) is 67.0 Å². The second kappa shape index (κ2) is 15.0. The van der Waals surface area contributed by atoms with E-state index in [2.05, 4.69) is 22.0 Å². The van der Waals surface area contributed by atoms with Crippen LogP contribution >= 0.6 is 15.9 Å². The predicted molar refractivity (Wildman–Crippen MR) is 201 cm³/mol. The lowest BCUT2D eigenvalue weighted by molar-refractivity contribution is -0.116. The Bertz CT molecular complexity index is 2240. The van der Waals surface area contributed by atoms with E-state index >= 15 is 17.6 Å². The summed E-state index contributed by atoms with van der Waals surface area (Å²) in [6.07, 6.45) is 2.59. The number of hydrogen-bond donors (Lipinski definition) is 2. The molecule has 14 heteroatoms. The van der Waals surface area contributed by atoms with E-state index in [0.717, 1.165) is 28.9 Å². The normalized spacial score (nSPS) is 14.5. The number of carbonyl (C=O) groups is 2. The van der Waals surface area contributed by atoms with Gasteiger partial charge in [-0.25, -0.2) is 30.8 Å². The molecule has 2 aliphatic carbocycles. The van der Waals surface area contributed by atoms with E-state index in [1.165, 1.54) is 24.3 Å². The predicted octanol–water partition coefficient (Wildman–Crippen LogP) is 9.29. The van der Waals surface area contributed by atoms with E-state index in [1.807, 2.05) is 32.9 Å². The van der Waals surface area contributed by atoms with Gasteiger partial charge < -0.3 is 14.7 Å². The van der Waals surface area contributed by atoms with Gasteiger partial charge >= 0.3 is 5.97 Å². The van der Waals surface area contributed by atoms with Crippen LogP contribution in [0.3, 0.4) is 0 Å². The molecular weight excluding hydrogens is 792 g/mol. The smallest absolute Gasteiger partial charge is 0.335 e. The van der Waals surface area contributed by atoms with Gasteiger partial charge in [0.05, 0.1) is 23.9 Å². The summed E-state index contributed by atoms with van der Waals surface area (Å²) in [6, 6.07) is 14.6. The molecule has 0 saturated heterocycles. The Morgan fingerprint density at radius 3 is 2.20 bits per heavy atom. The van der Waals surface area contributed by atoms with Gasteiger partial charge in [0.25, 0.3) is 0 Å². The molecular formula is C40H39BrF4N2O6S. The summed E-state index contributed by atoms with van der Waals surface area (Å²) in [5, 5.41) is 9.68. The molecule has 4 aromatic rings. The Balaban J connectivity index is 1.35. The SMILES string of the molecule is Cc1c(Br)cccc1Cc1c(F)c(F)c(NS(=O)(=O)CC(=O)N(Cc2cc(C3CC3)cc(C(C)(C)C)c2)c2ccc(C(=O)O)cc2OC2CC2)c(F)c1F. The number of nitrogens with one attached hydrogen (secondary N) is 1. The maximum atomic E-state index is 15.4. The van der Waals surface area contributed by atoms with Crippen molar-refractivity contribution in [2.24, 2.45) is 0 Å². The highest BCUT2D eigenvalue weighted by Crippen LogP contribution is 2.43. The van der Waals surface area contributed by atoms with Crippen molar-refractivity contribution in [3.8, 4) is 5.75 Å². The van der Waals surface area contributed by atoms with E-state index in [0.29, 0.717) is 39.9 Å². The number of halogens is 5.